The van der Waals surface area contributed by atoms with Crippen LogP contribution in [-0.2, 0) is 4.79 Å². The second kappa shape index (κ2) is 7.11. The summed E-state index contributed by atoms with van der Waals surface area (Å²) in [6.07, 6.45) is 1.80. The molecule has 0 radical (unpaired) electrons. The van der Waals surface area contributed by atoms with Crippen LogP contribution in [0.3, 0.4) is 0 Å². The van der Waals surface area contributed by atoms with E-state index in [1.807, 2.05) is 25.7 Å². The van der Waals surface area contributed by atoms with Crippen molar-refractivity contribution in [3.63, 3.8) is 0 Å². The summed E-state index contributed by atoms with van der Waals surface area (Å²) in [6, 6.07) is -0.0179. The summed E-state index contributed by atoms with van der Waals surface area (Å²) in [6.45, 7) is 9.93. The van der Waals surface area contributed by atoms with Crippen molar-refractivity contribution in [3.8, 4) is 0 Å². The minimum atomic E-state index is -0.974. The van der Waals surface area contributed by atoms with Gasteiger partial charge < -0.3 is 19.8 Å². The number of carbonyl (C=O) groups excluding carboxylic acids is 1. The van der Waals surface area contributed by atoms with E-state index in [9.17, 15) is 9.59 Å². The SMILES string of the molecule is CCC1CN(C)CCCN1C(=O)N(CC(=O)O)C(C)(C)C. The third-order valence-corrected chi connectivity index (χ3v) is 3.95. The Morgan fingerprint density at radius 3 is 2.38 bits per heavy atom. The fraction of sp³-hybridized carbons (Fsp3) is 0.867. The Morgan fingerprint density at radius 2 is 1.90 bits per heavy atom. The van der Waals surface area contributed by atoms with Crippen LogP contribution in [0, 0.1) is 0 Å². The van der Waals surface area contributed by atoms with Crippen LogP contribution in [0.5, 0.6) is 0 Å². The van der Waals surface area contributed by atoms with Crippen molar-refractivity contribution in [1.29, 1.82) is 0 Å². The van der Waals surface area contributed by atoms with E-state index >= 15 is 0 Å². The fourth-order valence-electron chi connectivity index (χ4n) is 2.73. The number of urea groups is 1. The summed E-state index contributed by atoms with van der Waals surface area (Å²) in [5.74, 6) is -0.974. The first-order chi connectivity index (χ1) is 9.66. The van der Waals surface area contributed by atoms with Gasteiger partial charge in [-0.3, -0.25) is 4.79 Å². The number of rotatable bonds is 3. The van der Waals surface area contributed by atoms with Crippen molar-refractivity contribution in [2.45, 2.75) is 52.1 Å². The fourth-order valence-corrected chi connectivity index (χ4v) is 2.73. The molecule has 1 rings (SSSR count). The summed E-state index contributed by atoms with van der Waals surface area (Å²) in [5.41, 5.74) is -0.508. The van der Waals surface area contributed by atoms with E-state index in [1.54, 1.807) is 0 Å². The lowest BCUT2D eigenvalue weighted by Crippen LogP contribution is -2.56. The highest BCUT2D eigenvalue weighted by Crippen LogP contribution is 2.20. The largest absolute Gasteiger partial charge is 0.480 e. The Labute approximate surface area is 127 Å². The molecule has 2 amide bonds. The lowest BCUT2D eigenvalue weighted by Gasteiger charge is -2.40. The second-order valence-electron chi connectivity index (χ2n) is 6.80. The molecular weight excluding hydrogens is 270 g/mol. The zero-order chi connectivity index (χ0) is 16.2. The molecule has 6 heteroatoms. The lowest BCUT2D eigenvalue weighted by molar-refractivity contribution is -0.138. The molecule has 1 fully saturated rings. The number of amides is 2. The number of nitrogens with zero attached hydrogens (tertiary/aromatic N) is 3. The average Bonchev–Trinajstić information content (AvgIpc) is 2.55. The van der Waals surface area contributed by atoms with Crippen LogP contribution in [-0.4, -0.2) is 76.6 Å². The van der Waals surface area contributed by atoms with E-state index in [2.05, 4.69) is 18.9 Å². The van der Waals surface area contributed by atoms with E-state index in [1.165, 1.54) is 4.90 Å². The highest BCUT2D eigenvalue weighted by molar-refractivity contribution is 5.81. The van der Waals surface area contributed by atoms with Gasteiger partial charge in [0.05, 0.1) is 0 Å². The first kappa shape index (κ1) is 17.8. The molecule has 1 aliphatic rings. The minimum absolute atomic E-state index is 0.142. The standard InChI is InChI=1S/C15H29N3O3/c1-6-12-10-16(5)8-7-9-17(12)14(21)18(11-13(19)20)15(2,3)4/h12H,6-11H2,1-5H3,(H,19,20). The van der Waals surface area contributed by atoms with Crippen molar-refractivity contribution in [2.75, 3.05) is 33.2 Å². The molecule has 1 heterocycles. The van der Waals surface area contributed by atoms with E-state index in [4.69, 9.17) is 5.11 Å². The van der Waals surface area contributed by atoms with Gasteiger partial charge in [-0.05, 0) is 47.2 Å². The van der Waals surface area contributed by atoms with Crippen molar-refractivity contribution in [3.05, 3.63) is 0 Å². The number of likely N-dealkylation sites (N-methyl/N-ethyl adjacent to an activating group) is 1. The van der Waals surface area contributed by atoms with Gasteiger partial charge in [-0.15, -0.1) is 0 Å². The van der Waals surface area contributed by atoms with E-state index in [-0.39, 0.29) is 18.6 Å². The summed E-state index contributed by atoms with van der Waals surface area (Å²) in [5, 5.41) is 9.09. The molecule has 0 aromatic rings. The Bertz CT molecular complexity index is 379. The molecule has 1 unspecified atom stereocenters. The highest BCUT2D eigenvalue weighted by Gasteiger charge is 2.35. The molecule has 0 saturated carbocycles. The van der Waals surface area contributed by atoms with Crippen molar-refractivity contribution >= 4 is 12.0 Å². The zero-order valence-electron chi connectivity index (χ0n) is 13.9. The van der Waals surface area contributed by atoms with Crippen LogP contribution >= 0.6 is 0 Å². The number of carbonyl (C=O) groups is 2. The lowest BCUT2D eigenvalue weighted by atomic mass is 10.1. The number of hydrogen-bond acceptors (Lipinski definition) is 3. The van der Waals surface area contributed by atoms with Gasteiger partial charge in [0, 0.05) is 24.7 Å². The van der Waals surface area contributed by atoms with Gasteiger partial charge in [0.1, 0.15) is 6.54 Å². The van der Waals surface area contributed by atoms with E-state index < -0.39 is 11.5 Å². The minimum Gasteiger partial charge on any atom is -0.480 e. The molecular formula is C15H29N3O3. The third kappa shape index (κ3) is 4.88. The van der Waals surface area contributed by atoms with E-state index in [0.29, 0.717) is 6.54 Å². The maximum atomic E-state index is 12.9. The molecule has 21 heavy (non-hydrogen) atoms. The molecule has 0 aliphatic carbocycles. The number of carboxylic acid groups (broad SMARTS) is 1. The average molecular weight is 299 g/mol. The van der Waals surface area contributed by atoms with Crippen molar-refractivity contribution in [1.82, 2.24) is 14.7 Å². The molecule has 0 spiro atoms. The van der Waals surface area contributed by atoms with Gasteiger partial charge in [0.15, 0.2) is 0 Å². The van der Waals surface area contributed by atoms with Crippen LogP contribution in [0.4, 0.5) is 4.79 Å². The Kier molecular flexibility index (Phi) is 6.01. The normalized spacial score (nSPS) is 21.0. The first-order valence-electron chi connectivity index (χ1n) is 7.65. The molecule has 1 atom stereocenters. The third-order valence-electron chi connectivity index (χ3n) is 3.95. The quantitative estimate of drug-likeness (QED) is 0.861. The predicted molar refractivity (Wildman–Crippen MR) is 82.4 cm³/mol. The molecule has 1 saturated heterocycles. The predicted octanol–water partition coefficient (Wildman–Crippen LogP) is 1.71. The summed E-state index contributed by atoms with van der Waals surface area (Å²) >= 11 is 0. The van der Waals surface area contributed by atoms with Gasteiger partial charge in [-0.1, -0.05) is 6.92 Å². The molecule has 6 nitrogen and oxygen atoms in total. The second-order valence-corrected chi connectivity index (χ2v) is 6.80. The zero-order valence-corrected chi connectivity index (χ0v) is 13.9. The number of carboxylic acids is 1. The Hall–Kier alpha value is -1.30. The highest BCUT2D eigenvalue weighted by atomic mass is 16.4. The summed E-state index contributed by atoms with van der Waals surface area (Å²) < 4.78 is 0. The number of hydrogen-bond donors (Lipinski definition) is 1. The van der Waals surface area contributed by atoms with Crippen molar-refractivity contribution in [2.24, 2.45) is 0 Å². The van der Waals surface area contributed by atoms with Crippen LogP contribution in [0.1, 0.15) is 40.5 Å². The van der Waals surface area contributed by atoms with Crippen LogP contribution in [0.15, 0.2) is 0 Å². The maximum Gasteiger partial charge on any atom is 0.323 e. The first-order valence-corrected chi connectivity index (χ1v) is 7.65. The van der Waals surface area contributed by atoms with Gasteiger partial charge in [0.25, 0.3) is 0 Å². The van der Waals surface area contributed by atoms with Crippen LogP contribution in [0.25, 0.3) is 0 Å². The summed E-state index contributed by atoms with van der Waals surface area (Å²) in [7, 11) is 2.06. The maximum absolute atomic E-state index is 12.9. The Morgan fingerprint density at radius 1 is 1.29 bits per heavy atom. The summed E-state index contributed by atoms with van der Waals surface area (Å²) in [4.78, 5) is 29.5. The van der Waals surface area contributed by atoms with Crippen LogP contribution in [0.2, 0.25) is 0 Å². The smallest absolute Gasteiger partial charge is 0.323 e. The molecule has 0 aromatic carbocycles. The van der Waals surface area contributed by atoms with E-state index in [0.717, 1.165) is 25.9 Å². The Balaban J connectivity index is 2.97. The van der Waals surface area contributed by atoms with Gasteiger partial charge in [-0.2, -0.15) is 0 Å². The molecule has 122 valence electrons. The molecule has 1 N–H and O–H groups in total. The van der Waals surface area contributed by atoms with Crippen molar-refractivity contribution < 1.29 is 14.7 Å². The van der Waals surface area contributed by atoms with Crippen LogP contribution < -0.4 is 0 Å². The van der Waals surface area contributed by atoms with Gasteiger partial charge in [-0.25, -0.2) is 4.79 Å². The molecule has 0 aromatic heterocycles. The topological polar surface area (TPSA) is 64.1 Å². The monoisotopic (exact) mass is 299 g/mol. The molecule has 0 bridgehead atoms. The molecule has 1 aliphatic heterocycles. The number of aliphatic carboxylic acids is 1. The van der Waals surface area contributed by atoms with Gasteiger partial charge >= 0.3 is 12.0 Å². The van der Waals surface area contributed by atoms with Gasteiger partial charge in [0.2, 0.25) is 0 Å².